The molecule has 3 aromatic rings. The average Bonchev–Trinajstić information content (AvgIpc) is 2.97. The van der Waals surface area contributed by atoms with Gasteiger partial charge >= 0.3 is 8.32 Å². The van der Waals surface area contributed by atoms with Crippen molar-refractivity contribution >= 4 is 29.6 Å². The van der Waals surface area contributed by atoms with Crippen LogP contribution in [0.3, 0.4) is 0 Å². The summed E-state index contributed by atoms with van der Waals surface area (Å²) in [6.07, 6.45) is 12.3. The van der Waals surface area contributed by atoms with Gasteiger partial charge in [0.15, 0.2) is 0 Å². The Labute approximate surface area is 218 Å². The fourth-order valence-electron chi connectivity index (χ4n) is 5.24. The molecule has 0 heterocycles. The minimum atomic E-state index is -2.86. The fraction of sp³-hybridized carbons (Fsp3) is 0.375. The van der Waals surface area contributed by atoms with Gasteiger partial charge < -0.3 is 4.53 Å². The van der Waals surface area contributed by atoms with Crippen molar-refractivity contribution in [2.24, 2.45) is 11.1 Å². The van der Waals surface area contributed by atoms with Gasteiger partial charge in [-0.2, -0.15) is 5.26 Å². The summed E-state index contributed by atoms with van der Waals surface area (Å²) in [5, 5.41) is 18.3. The lowest BCUT2D eigenvalue weighted by atomic mass is 9.95. The Balaban J connectivity index is 1.72. The van der Waals surface area contributed by atoms with Crippen molar-refractivity contribution in [3.05, 3.63) is 91.0 Å². The van der Waals surface area contributed by atoms with Gasteiger partial charge in [-0.15, -0.1) is 5.16 Å². The molecule has 1 aliphatic rings. The number of oxime groups is 1. The molecule has 1 unspecified atom stereocenters. The number of rotatable bonds is 5. The van der Waals surface area contributed by atoms with E-state index in [9.17, 15) is 5.26 Å². The Morgan fingerprint density at radius 3 is 1.58 bits per heavy atom. The van der Waals surface area contributed by atoms with Gasteiger partial charge in [-0.1, -0.05) is 130 Å². The second-order valence-corrected chi connectivity index (χ2v) is 13.2. The lowest BCUT2D eigenvalue weighted by Crippen LogP contribution is -2.68. The van der Waals surface area contributed by atoms with Crippen LogP contribution in [0.4, 0.5) is 0 Å². The molecular weight excluding hydrogens is 456 g/mol. The Morgan fingerprint density at radius 1 is 0.611 bits per heavy atom. The zero-order valence-corrected chi connectivity index (χ0v) is 22.3. The van der Waals surface area contributed by atoms with Gasteiger partial charge in [0.1, 0.15) is 0 Å². The molecule has 1 atom stereocenters. The molecule has 1 aliphatic carbocycles. The van der Waals surface area contributed by atoms with E-state index in [0.717, 1.165) is 44.2 Å². The van der Waals surface area contributed by atoms with Crippen LogP contribution in [-0.4, -0.2) is 14.0 Å². The van der Waals surface area contributed by atoms with Crippen LogP contribution in [-0.2, 0) is 4.53 Å². The van der Waals surface area contributed by atoms with Crippen LogP contribution >= 0.6 is 0 Å². The van der Waals surface area contributed by atoms with Crippen LogP contribution < -0.4 is 15.6 Å². The number of benzene rings is 3. The summed E-state index contributed by atoms with van der Waals surface area (Å²) in [7, 11) is -2.86. The summed E-state index contributed by atoms with van der Waals surface area (Å²) in [4.78, 5) is 0. The van der Waals surface area contributed by atoms with E-state index in [1.54, 1.807) is 0 Å². The molecule has 0 aliphatic heterocycles. The normalized spacial score (nSPS) is 19.3. The van der Waals surface area contributed by atoms with E-state index in [1.165, 1.54) is 47.7 Å². The summed E-state index contributed by atoms with van der Waals surface area (Å²) in [5.74, 6) is 0.107. The van der Waals surface area contributed by atoms with E-state index in [4.69, 9.17) is 9.68 Å². The molecule has 4 heteroatoms. The molecule has 0 aromatic heterocycles. The van der Waals surface area contributed by atoms with Gasteiger partial charge in [0, 0.05) is 5.92 Å². The molecule has 1 fully saturated rings. The molecule has 0 saturated heterocycles. The first-order chi connectivity index (χ1) is 17.8. The minimum Gasteiger partial charge on any atom is -0.438 e. The molecule has 3 nitrogen and oxygen atoms in total. The highest BCUT2D eigenvalue weighted by Crippen LogP contribution is 2.20. The SMILES string of the molecule is N#CC1CCCCCCCCC/C(=N\O[Si](c2ccccc2)(c2ccccc2)c2ccccc2)CC1. The highest BCUT2D eigenvalue weighted by atomic mass is 28.4. The second-order valence-electron chi connectivity index (χ2n) is 9.91. The first-order valence-electron chi connectivity index (χ1n) is 13.6. The van der Waals surface area contributed by atoms with Crippen molar-refractivity contribution in [1.82, 2.24) is 0 Å². The monoisotopic (exact) mass is 494 g/mol. The smallest absolute Gasteiger partial charge is 0.380 e. The van der Waals surface area contributed by atoms with E-state index in [1.807, 2.05) is 0 Å². The number of nitriles is 1. The Morgan fingerprint density at radius 2 is 1.08 bits per heavy atom. The van der Waals surface area contributed by atoms with Gasteiger partial charge in [-0.05, 0) is 47.7 Å². The van der Waals surface area contributed by atoms with Crippen molar-refractivity contribution < 1.29 is 4.53 Å². The maximum absolute atomic E-state index is 9.73. The molecule has 0 radical (unpaired) electrons. The number of nitrogens with zero attached hydrogens (tertiary/aromatic N) is 2. The zero-order chi connectivity index (χ0) is 24.9. The van der Waals surface area contributed by atoms with E-state index in [0.29, 0.717) is 0 Å². The number of hydrogen-bond donors (Lipinski definition) is 0. The lowest BCUT2D eigenvalue weighted by Gasteiger charge is -2.30. The average molecular weight is 495 g/mol. The zero-order valence-electron chi connectivity index (χ0n) is 21.3. The third-order valence-electron chi connectivity index (χ3n) is 7.33. The molecule has 0 amide bonds. The molecule has 0 N–H and O–H groups in total. The largest absolute Gasteiger partial charge is 0.438 e. The van der Waals surface area contributed by atoms with Crippen molar-refractivity contribution in [2.45, 2.75) is 70.6 Å². The maximum Gasteiger partial charge on any atom is 0.380 e. The summed E-state index contributed by atoms with van der Waals surface area (Å²) in [6, 6.07) is 34.4. The molecule has 4 rings (SSSR count). The van der Waals surface area contributed by atoms with Crippen LogP contribution in [0.15, 0.2) is 96.2 Å². The Bertz CT molecular complexity index is 1010. The first-order valence-corrected chi connectivity index (χ1v) is 15.5. The van der Waals surface area contributed by atoms with Gasteiger partial charge in [0.05, 0.1) is 11.8 Å². The first kappa shape index (κ1) is 25.9. The van der Waals surface area contributed by atoms with Crippen molar-refractivity contribution in [1.29, 1.82) is 5.26 Å². The summed E-state index contributed by atoms with van der Waals surface area (Å²) in [5.41, 5.74) is 1.11. The third kappa shape index (κ3) is 6.74. The van der Waals surface area contributed by atoms with Crippen LogP contribution in [0.25, 0.3) is 0 Å². The van der Waals surface area contributed by atoms with Crippen LogP contribution in [0, 0.1) is 17.2 Å². The van der Waals surface area contributed by atoms with E-state index in [2.05, 4.69) is 97.1 Å². The molecular formula is C32H38N2OSi. The van der Waals surface area contributed by atoms with Gasteiger partial charge in [-0.3, -0.25) is 0 Å². The Kier molecular flexibility index (Phi) is 9.93. The molecule has 1 saturated carbocycles. The molecule has 0 spiro atoms. The Hall–Kier alpha value is -3.16. The summed E-state index contributed by atoms with van der Waals surface area (Å²) < 4.78 is 6.89. The van der Waals surface area contributed by atoms with E-state index >= 15 is 0 Å². The molecule has 0 bridgehead atoms. The van der Waals surface area contributed by atoms with Crippen molar-refractivity contribution in [3.63, 3.8) is 0 Å². The maximum atomic E-state index is 9.73. The van der Waals surface area contributed by atoms with Gasteiger partial charge in [0.2, 0.25) is 0 Å². The standard InChI is InChI=1S/C32H38N2OSi/c33-27-28-17-9-4-2-1-3-5-10-18-29(26-25-28)34-35-36(30-19-11-6-12-20-30,31-21-13-7-14-22-31)32-23-15-8-16-24-32/h6-8,11-16,19-24,28H,1-5,9-10,17-18,25-26H2/b34-29+. The highest BCUT2D eigenvalue weighted by molar-refractivity contribution is 7.07. The van der Waals surface area contributed by atoms with Crippen molar-refractivity contribution in [3.8, 4) is 6.07 Å². The van der Waals surface area contributed by atoms with Gasteiger partial charge in [-0.25, -0.2) is 0 Å². The fourth-order valence-corrected chi connectivity index (χ4v) is 8.81. The molecule has 36 heavy (non-hydrogen) atoms. The molecule has 3 aromatic carbocycles. The van der Waals surface area contributed by atoms with Crippen molar-refractivity contribution in [2.75, 3.05) is 0 Å². The molecule has 186 valence electrons. The second kappa shape index (κ2) is 13.8. The van der Waals surface area contributed by atoms with E-state index < -0.39 is 8.32 Å². The summed E-state index contributed by atoms with van der Waals surface area (Å²) >= 11 is 0. The quantitative estimate of drug-likeness (QED) is 0.232. The van der Waals surface area contributed by atoms with Crippen LogP contribution in [0.1, 0.15) is 70.6 Å². The van der Waals surface area contributed by atoms with Crippen LogP contribution in [0.5, 0.6) is 0 Å². The number of hydrogen-bond acceptors (Lipinski definition) is 3. The predicted molar refractivity (Wildman–Crippen MR) is 152 cm³/mol. The van der Waals surface area contributed by atoms with E-state index in [-0.39, 0.29) is 5.92 Å². The van der Waals surface area contributed by atoms with Crippen LogP contribution in [0.2, 0.25) is 0 Å². The predicted octanol–water partition coefficient (Wildman–Crippen LogP) is 6.47. The lowest BCUT2D eigenvalue weighted by molar-refractivity contribution is 0.344. The van der Waals surface area contributed by atoms with Gasteiger partial charge in [0.25, 0.3) is 0 Å². The topological polar surface area (TPSA) is 45.4 Å². The minimum absolute atomic E-state index is 0.107. The summed E-state index contributed by atoms with van der Waals surface area (Å²) in [6.45, 7) is 0. The highest BCUT2D eigenvalue weighted by Gasteiger charge is 2.45. The third-order valence-corrected chi connectivity index (χ3v) is 11.1.